The fourth-order valence-electron chi connectivity index (χ4n) is 4.20. The predicted molar refractivity (Wildman–Crippen MR) is 111 cm³/mol. The van der Waals surface area contributed by atoms with E-state index in [2.05, 4.69) is 24.1 Å². The van der Waals surface area contributed by atoms with Gasteiger partial charge < -0.3 is 19.9 Å². The summed E-state index contributed by atoms with van der Waals surface area (Å²) in [6.45, 7) is 10.2. The van der Waals surface area contributed by atoms with Crippen molar-refractivity contribution in [3.63, 3.8) is 0 Å². The number of carbonyl (C=O) groups excluding carboxylic acids is 2. The summed E-state index contributed by atoms with van der Waals surface area (Å²) in [6, 6.07) is 8.07. The quantitative estimate of drug-likeness (QED) is 0.781. The molecule has 0 aliphatic carbocycles. The molecule has 0 radical (unpaired) electrons. The Morgan fingerprint density at radius 3 is 2.82 bits per heavy atom. The molecule has 2 saturated heterocycles. The molecule has 3 rings (SSSR count). The van der Waals surface area contributed by atoms with Crippen LogP contribution in [0.15, 0.2) is 24.3 Å². The Hall–Kier alpha value is -2.08. The monoisotopic (exact) mass is 387 g/mol. The van der Waals surface area contributed by atoms with Crippen LogP contribution < -0.4 is 15.0 Å². The average Bonchev–Trinajstić information content (AvgIpc) is 3.08. The number of rotatable bonds is 7. The summed E-state index contributed by atoms with van der Waals surface area (Å²) < 4.78 is 5.65. The molecule has 0 bridgehead atoms. The Kier molecular flexibility index (Phi) is 6.94. The van der Waals surface area contributed by atoms with Gasteiger partial charge in [-0.15, -0.1) is 0 Å². The van der Waals surface area contributed by atoms with Crippen molar-refractivity contribution < 1.29 is 14.3 Å². The highest BCUT2D eigenvalue weighted by Gasteiger charge is 2.36. The van der Waals surface area contributed by atoms with Crippen molar-refractivity contribution in [2.24, 2.45) is 11.8 Å². The number of likely N-dealkylation sites (tertiary alicyclic amines) is 1. The molecule has 1 N–H and O–H groups in total. The van der Waals surface area contributed by atoms with Crippen LogP contribution in [0, 0.1) is 11.8 Å². The Morgan fingerprint density at radius 1 is 1.29 bits per heavy atom. The van der Waals surface area contributed by atoms with E-state index in [0.717, 1.165) is 25.2 Å². The van der Waals surface area contributed by atoms with Crippen molar-refractivity contribution in [3.8, 4) is 5.75 Å². The third-order valence-electron chi connectivity index (χ3n) is 5.80. The molecule has 0 aromatic heterocycles. The van der Waals surface area contributed by atoms with Crippen molar-refractivity contribution in [3.05, 3.63) is 24.3 Å². The van der Waals surface area contributed by atoms with E-state index in [-0.39, 0.29) is 24.2 Å². The highest BCUT2D eigenvalue weighted by molar-refractivity contribution is 6.01. The molecule has 1 aromatic carbocycles. The molecule has 2 unspecified atom stereocenters. The van der Waals surface area contributed by atoms with Gasteiger partial charge in [0.15, 0.2) is 0 Å². The number of piperidine rings is 1. The highest BCUT2D eigenvalue weighted by Crippen LogP contribution is 2.33. The molecule has 2 heterocycles. The van der Waals surface area contributed by atoms with E-state index >= 15 is 0 Å². The van der Waals surface area contributed by atoms with E-state index in [9.17, 15) is 9.59 Å². The van der Waals surface area contributed by atoms with Crippen LogP contribution in [-0.4, -0.2) is 55.5 Å². The van der Waals surface area contributed by atoms with Gasteiger partial charge in [0, 0.05) is 32.1 Å². The normalized spacial score (nSPS) is 23.3. The summed E-state index contributed by atoms with van der Waals surface area (Å²) in [6.07, 6.45) is 2.60. The number of amides is 2. The van der Waals surface area contributed by atoms with Gasteiger partial charge in [0.25, 0.3) is 0 Å². The van der Waals surface area contributed by atoms with E-state index in [1.807, 2.05) is 31.2 Å². The number of benzene rings is 1. The van der Waals surface area contributed by atoms with Crippen molar-refractivity contribution in [1.82, 2.24) is 10.2 Å². The smallest absolute Gasteiger partial charge is 0.227 e. The summed E-state index contributed by atoms with van der Waals surface area (Å²) >= 11 is 0. The van der Waals surface area contributed by atoms with E-state index in [1.165, 1.54) is 6.42 Å². The molecule has 2 aliphatic rings. The van der Waals surface area contributed by atoms with Crippen molar-refractivity contribution >= 4 is 17.5 Å². The lowest BCUT2D eigenvalue weighted by molar-refractivity contribution is -0.126. The highest BCUT2D eigenvalue weighted by atomic mass is 16.5. The SMILES string of the molecule is CCOc1ccccc1N1CC(C(=O)NCC2CCCN(C(C)C)C2)CC1=O. The van der Waals surface area contributed by atoms with Gasteiger partial charge in [0.1, 0.15) is 5.75 Å². The maximum Gasteiger partial charge on any atom is 0.227 e. The molecular weight excluding hydrogens is 354 g/mol. The number of hydrogen-bond donors (Lipinski definition) is 1. The standard InChI is InChI=1S/C22H33N3O3/c1-4-28-20-10-6-5-9-19(20)25-15-18(12-21(25)26)22(27)23-13-17-8-7-11-24(14-17)16(2)3/h5-6,9-10,16-18H,4,7-8,11-15H2,1-3H3,(H,23,27). The Balaban J connectivity index is 1.55. The van der Waals surface area contributed by atoms with Crippen molar-refractivity contribution in [2.75, 3.05) is 37.7 Å². The summed E-state index contributed by atoms with van der Waals surface area (Å²) in [5.41, 5.74) is 0.754. The van der Waals surface area contributed by atoms with Gasteiger partial charge in [-0.25, -0.2) is 0 Å². The Bertz CT molecular complexity index is 691. The summed E-state index contributed by atoms with van der Waals surface area (Å²) in [4.78, 5) is 29.4. The van der Waals surface area contributed by atoms with Crippen LogP contribution in [0.4, 0.5) is 5.69 Å². The first kappa shape index (κ1) is 20.6. The minimum absolute atomic E-state index is 0.00795. The Morgan fingerprint density at radius 2 is 2.07 bits per heavy atom. The third-order valence-corrected chi connectivity index (χ3v) is 5.80. The van der Waals surface area contributed by atoms with Gasteiger partial charge in [-0.2, -0.15) is 0 Å². The topological polar surface area (TPSA) is 61.9 Å². The minimum Gasteiger partial charge on any atom is -0.492 e. The van der Waals surface area contributed by atoms with Gasteiger partial charge in [-0.3, -0.25) is 9.59 Å². The number of nitrogens with zero attached hydrogens (tertiary/aromatic N) is 2. The van der Waals surface area contributed by atoms with Gasteiger partial charge >= 0.3 is 0 Å². The zero-order valence-corrected chi connectivity index (χ0v) is 17.3. The number of ether oxygens (including phenoxy) is 1. The van der Waals surface area contributed by atoms with Crippen LogP contribution in [0.1, 0.15) is 40.0 Å². The lowest BCUT2D eigenvalue weighted by Crippen LogP contribution is -2.44. The first-order valence-corrected chi connectivity index (χ1v) is 10.5. The first-order chi connectivity index (χ1) is 13.5. The third kappa shape index (κ3) is 4.85. The van der Waals surface area contributed by atoms with Gasteiger partial charge in [0.2, 0.25) is 11.8 Å². The van der Waals surface area contributed by atoms with Crippen LogP contribution in [0.2, 0.25) is 0 Å². The summed E-state index contributed by atoms with van der Waals surface area (Å²) in [5.74, 6) is 0.858. The molecule has 28 heavy (non-hydrogen) atoms. The van der Waals surface area contributed by atoms with Gasteiger partial charge in [-0.05, 0) is 58.2 Å². The second kappa shape index (κ2) is 9.41. The van der Waals surface area contributed by atoms with Crippen LogP contribution in [-0.2, 0) is 9.59 Å². The molecule has 2 aliphatic heterocycles. The molecular formula is C22H33N3O3. The molecule has 2 atom stereocenters. The number of para-hydroxylation sites is 2. The maximum atomic E-state index is 12.7. The van der Waals surface area contributed by atoms with Crippen LogP contribution in [0.5, 0.6) is 5.75 Å². The van der Waals surface area contributed by atoms with E-state index < -0.39 is 0 Å². The predicted octanol–water partition coefficient (Wildman–Crippen LogP) is 2.67. The van der Waals surface area contributed by atoms with Crippen molar-refractivity contribution in [2.45, 2.75) is 46.1 Å². The Labute approximate surface area is 168 Å². The number of hydrogen-bond acceptors (Lipinski definition) is 4. The first-order valence-electron chi connectivity index (χ1n) is 10.5. The van der Waals surface area contributed by atoms with Gasteiger partial charge in [-0.1, -0.05) is 12.1 Å². The zero-order chi connectivity index (χ0) is 20.1. The fraction of sp³-hybridized carbons (Fsp3) is 0.636. The van der Waals surface area contributed by atoms with Crippen molar-refractivity contribution in [1.29, 1.82) is 0 Å². The number of nitrogens with one attached hydrogen (secondary N) is 1. The van der Waals surface area contributed by atoms with Crippen LogP contribution in [0.3, 0.4) is 0 Å². The van der Waals surface area contributed by atoms with E-state index in [4.69, 9.17) is 4.74 Å². The lowest BCUT2D eigenvalue weighted by atomic mass is 9.96. The molecule has 6 nitrogen and oxygen atoms in total. The maximum absolute atomic E-state index is 12.7. The largest absolute Gasteiger partial charge is 0.492 e. The molecule has 2 fully saturated rings. The zero-order valence-electron chi connectivity index (χ0n) is 17.3. The van der Waals surface area contributed by atoms with Gasteiger partial charge in [0.05, 0.1) is 18.2 Å². The molecule has 0 saturated carbocycles. The van der Waals surface area contributed by atoms with E-state index in [0.29, 0.717) is 37.4 Å². The van der Waals surface area contributed by atoms with Crippen LogP contribution in [0.25, 0.3) is 0 Å². The second-order valence-electron chi connectivity index (χ2n) is 8.15. The molecule has 154 valence electrons. The van der Waals surface area contributed by atoms with Crippen LogP contribution >= 0.6 is 0 Å². The molecule has 0 spiro atoms. The minimum atomic E-state index is -0.299. The lowest BCUT2D eigenvalue weighted by Gasteiger charge is -2.35. The number of anilines is 1. The number of carbonyl (C=O) groups is 2. The average molecular weight is 388 g/mol. The molecule has 6 heteroatoms. The summed E-state index contributed by atoms with van der Waals surface area (Å²) in [7, 11) is 0. The van der Waals surface area contributed by atoms with E-state index in [1.54, 1.807) is 4.90 Å². The summed E-state index contributed by atoms with van der Waals surface area (Å²) in [5, 5.41) is 3.11. The second-order valence-corrected chi connectivity index (χ2v) is 8.15. The molecule has 1 aromatic rings. The molecule has 2 amide bonds. The fourth-order valence-corrected chi connectivity index (χ4v) is 4.20.